The van der Waals surface area contributed by atoms with Crippen LogP contribution in [0.4, 0.5) is 11.6 Å². The van der Waals surface area contributed by atoms with Crippen molar-refractivity contribution in [2.45, 2.75) is 13.0 Å². The third kappa shape index (κ3) is 4.23. The Bertz CT molecular complexity index is 1110. The predicted molar refractivity (Wildman–Crippen MR) is 114 cm³/mol. The van der Waals surface area contributed by atoms with Crippen LogP contribution in [0.2, 0.25) is 0 Å². The van der Waals surface area contributed by atoms with E-state index in [0.717, 1.165) is 16.8 Å². The van der Waals surface area contributed by atoms with Crippen LogP contribution >= 0.6 is 0 Å². The first kappa shape index (κ1) is 19.8. The molecular weight excluding hydrogens is 382 g/mol. The molecule has 1 aromatic carbocycles. The van der Waals surface area contributed by atoms with Crippen LogP contribution in [0.15, 0.2) is 59.7 Å². The number of morpholine rings is 1. The predicted octanol–water partition coefficient (Wildman–Crippen LogP) is 2.38. The molecule has 4 rings (SSSR count). The first-order valence-corrected chi connectivity index (χ1v) is 9.74. The Morgan fingerprint density at radius 1 is 1.20 bits per heavy atom. The number of amides is 1. The molecule has 2 aromatic heterocycles. The summed E-state index contributed by atoms with van der Waals surface area (Å²) in [6.07, 6.45) is 3.16. The van der Waals surface area contributed by atoms with Crippen LogP contribution < -0.4 is 15.8 Å². The minimum absolute atomic E-state index is 0.120. The lowest BCUT2D eigenvalue weighted by Gasteiger charge is -2.34. The third-order valence-electron chi connectivity index (χ3n) is 5.02. The molecule has 1 fully saturated rings. The number of nitrogens with zero attached hydrogens (tertiary/aromatic N) is 4. The maximum atomic E-state index is 12.6. The van der Waals surface area contributed by atoms with Crippen molar-refractivity contribution >= 4 is 17.5 Å². The van der Waals surface area contributed by atoms with Crippen molar-refractivity contribution in [1.29, 1.82) is 0 Å². The van der Waals surface area contributed by atoms with Crippen LogP contribution in [0.25, 0.3) is 11.3 Å². The normalized spacial score (nSPS) is 16.3. The van der Waals surface area contributed by atoms with Gasteiger partial charge >= 0.3 is 0 Å². The average molecular weight is 405 g/mol. The maximum Gasteiger partial charge on any atom is 0.255 e. The number of pyridine rings is 1. The van der Waals surface area contributed by atoms with E-state index in [9.17, 15) is 9.59 Å². The minimum Gasteiger partial charge on any atom is -0.370 e. The number of hydrogen-bond acceptors (Lipinski definition) is 6. The highest BCUT2D eigenvalue weighted by Gasteiger charge is 2.25. The molecular formula is C22H23N5O3. The zero-order chi connectivity index (χ0) is 21.1. The van der Waals surface area contributed by atoms with Gasteiger partial charge in [-0.2, -0.15) is 0 Å². The van der Waals surface area contributed by atoms with E-state index in [4.69, 9.17) is 9.72 Å². The highest BCUT2D eigenvalue weighted by atomic mass is 16.5. The van der Waals surface area contributed by atoms with E-state index in [1.54, 1.807) is 24.0 Å². The van der Waals surface area contributed by atoms with Crippen molar-refractivity contribution in [2.75, 3.05) is 29.9 Å². The number of carbonyl (C=O) groups is 1. The Labute approximate surface area is 174 Å². The lowest BCUT2D eigenvalue weighted by Crippen LogP contribution is -2.41. The van der Waals surface area contributed by atoms with Gasteiger partial charge in [0.15, 0.2) is 0 Å². The van der Waals surface area contributed by atoms with Gasteiger partial charge in [-0.15, -0.1) is 0 Å². The molecule has 0 bridgehead atoms. The molecule has 30 heavy (non-hydrogen) atoms. The van der Waals surface area contributed by atoms with E-state index >= 15 is 0 Å². The van der Waals surface area contributed by atoms with Gasteiger partial charge in [0.05, 0.1) is 18.8 Å². The summed E-state index contributed by atoms with van der Waals surface area (Å²) in [5.41, 5.74) is 3.03. The van der Waals surface area contributed by atoms with E-state index in [-0.39, 0.29) is 17.6 Å². The quantitative estimate of drug-likeness (QED) is 0.717. The van der Waals surface area contributed by atoms with Crippen molar-refractivity contribution in [3.8, 4) is 11.3 Å². The molecule has 1 saturated heterocycles. The zero-order valence-corrected chi connectivity index (χ0v) is 16.9. The van der Waals surface area contributed by atoms with Crippen molar-refractivity contribution in [3.05, 3.63) is 70.8 Å². The monoisotopic (exact) mass is 405 g/mol. The number of anilines is 2. The lowest BCUT2D eigenvalue weighted by molar-refractivity contribution is -0.114. The van der Waals surface area contributed by atoms with Crippen LogP contribution in [-0.4, -0.2) is 40.1 Å². The van der Waals surface area contributed by atoms with Crippen LogP contribution in [0.5, 0.6) is 0 Å². The minimum atomic E-state index is -0.200. The average Bonchev–Trinajstić information content (AvgIpc) is 2.76. The summed E-state index contributed by atoms with van der Waals surface area (Å²) in [4.78, 5) is 34.8. The molecule has 0 saturated carbocycles. The Morgan fingerprint density at radius 3 is 2.77 bits per heavy atom. The first-order chi connectivity index (χ1) is 14.5. The van der Waals surface area contributed by atoms with Gasteiger partial charge in [0.2, 0.25) is 11.9 Å². The molecule has 0 unspecified atom stereocenters. The second-order valence-corrected chi connectivity index (χ2v) is 7.19. The molecule has 0 spiro atoms. The number of rotatable bonds is 4. The van der Waals surface area contributed by atoms with E-state index in [0.29, 0.717) is 31.3 Å². The number of ether oxygens (including phenoxy) is 1. The third-order valence-corrected chi connectivity index (χ3v) is 5.02. The van der Waals surface area contributed by atoms with E-state index in [1.165, 1.54) is 13.0 Å². The van der Waals surface area contributed by atoms with Crippen LogP contribution in [-0.2, 0) is 16.6 Å². The van der Waals surface area contributed by atoms with Gasteiger partial charge in [0.25, 0.3) is 5.56 Å². The van der Waals surface area contributed by atoms with Gasteiger partial charge in [-0.25, -0.2) is 4.98 Å². The Balaban J connectivity index is 1.63. The number of benzene rings is 1. The van der Waals surface area contributed by atoms with Crippen LogP contribution in [0.1, 0.15) is 18.6 Å². The maximum absolute atomic E-state index is 12.6. The fraction of sp³-hybridized carbons (Fsp3) is 0.273. The van der Waals surface area contributed by atoms with E-state index in [2.05, 4.69) is 15.2 Å². The highest BCUT2D eigenvalue weighted by Crippen LogP contribution is 2.27. The molecule has 8 nitrogen and oxygen atoms in total. The lowest BCUT2D eigenvalue weighted by atomic mass is 10.1. The second-order valence-electron chi connectivity index (χ2n) is 7.19. The fourth-order valence-corrected chi connectivity index (χ4v) is 3.53. The smallest absolute Gasteiger partial charge is 0.255 e. The summed E-state index contributed by atoms with van der Waals surface area (Å²) in [6, 6.07) is 12.8. The van der Waals surface area contributed by atoms with Crippen molar-refractivity contribution < 1.29 is 9.53 Å². The van der Waals surface area contributed by atoms with Crippen molar-refractivity contribution in [3.63, 3.8) is 0 Å². The zero-order valence-electron chi connectivity index (χ0n) is 16.9. The molecule has 1 N–H and O–H groups in total. The molecule has 0 radical (unpaired) electrons. The number of carbonyl (C=O) groups excluding carboxylic acids is 1. The topological polar surface area (TPSA) is 89.4 Å². The first-order valence-electron chi connectivity index (χ1n) is 9.74. The summed E-state index contributed by atoms with van der Waals surface area (Å²) in [5, 5.41) is 2.80. The summed E-state index contributed by atoms with van der Waals surface area (Å²) in [6.45, 7) is 3.16. The molecule has 0 aliphatic carbocycles. The number of nitrogens with one attached hydrogen (secondary N) is 1. The molecule has 3 aromatic rings. The Morgan fingerprint density at radius 2 is 2.00 bits per heavy atom. The molecule has 1 atom stereocenters. The molecule has 8 heteroatoms. The van der Waals surface area contributed by atoms with Gasteiger partial charge in [-0.3, -0.25) is 19.1 Å². The largest absolute Gasteiger partial charge is 0.370 e. The molecule has 1 aliphatic rings. The molecule has 1 aliphatic heterocycles. The second kappa shape index (κ2) is 8.46. The summed E-state index contributed by atoms with van der Waals surface area (Å²) >= 11 is 0. The summed E-state index contributed by atoms with van der Waals surface area (Å²) in [5.74, 6) is 0.478. The summed E-state index contributed by atoms with van der Waals surface area (Å²) in [7, 11) is 1.73. The molecule has 154 valence electrons. The van der Waals surface area contributed by atoms with Gasteiger partial charge in [0, 0.05) is 50.2 Å². The van der Waals surface area contributed by atoms with Crippen LogP contribution in [0.3, 0.4) is 0 Å². The highest BCUT2D eigenvalue weighted by molar-refractivity contribution is 5.88. The van der Waals surface area contributed by atoms with Crippen LogP contribution in [0, 0.1) is 0 Å². The van der Waals surface area contributed by atoms with E-state index in [1.807, 2.05) is 36.4 Å². The fourth-order valence-electron chi connectivity index (χ4n) is 3.53. The van der Waals surface area contributed by atoms with Gasteiger partial charge in [-0.1, -0.05) is 12.1 Å². The van der Waals surface area contributed by atoms with Gasteiger partial charge in [-0.05, 0) is 29.8 Å². The molecule has 3 heterocycles. The molecule has 1 amide bonds. The number of aromatic nitrogens is 3. The Hall–Kier alpha value is -3.52. The number of hydrogen-bond donors (Lipinski definition) is 1. The van der Waals surface area contributed by atoms with Gasteiger partial charge in [0.1, 0.15) is 6.10 Å². The SMILES string of the molecule is CC(=O)Nc1cccc([C@H]2CN(c3nc(-c4ccncc4)cc(=O)n3C)CCO2)c1. The van der Waals surface area contributed by atoms with Crippen molar-refractivity contribution in [2.24, 2.45) is 7.05 Å². The van der Waals surface area contributed by atoms with E-state index < -0.39 is 0 Å². The standard InChI is InChI=1S/C22H23N5O3/c1-15(28)24-18-5-3-4-17(12-18)20-14-27(10-11-30-20)22-25-19(13-21(29)26(22)2)16-6-8-23-9-7-16/h3-9,12-13,20H,10-11,14H2,1-2H3,(H,24,28)/t20-/m1/s1. The van der Waals surface area contributed by atoms with Crippen molar-refractivity contribution in [1.82, 2.24) is 14.5 Å². The Kier molecular flexibility index (Phi) is 5.58. The summed E-state index contributed by atoms with van der Waals surface area (Å²) < 4.78 is 7.54. The van der Waals surface area contributed by atoms with Gasteiger partial charge < -0.3 is 15.0 Å².